The highest BCUT2D eigenvalue weighted by Crippen LogP contribution is 2.48. The molecule has 2 unspecified atom stereocenters. The maximum atomic E-state index is 13.3. The van der Waals surface area contributed by atoms with Crippen molar-refractivity contribution in [1.29, 1.82) is 0 Å². The lowest BCUT2D eigenvalue weighted by Crippen LogP contribution is -2.17. The van der Waals surface area contributed by atoms with Gasteiger partial charge in [0, 0.05) is 17.5 Å². The van der Waals surface area contributed by atoms with Crippen molar-refractivity contribution in [2.24, 2.45) is 17.8 Å². The highest BCUT2D eigenvalue weighted by atomic mass is 35.5. The molecule has 1 saturated carbocycles. The van der Waals surface area contributed by atoms with Crippen molar-refractivity contribution in [2.45, 2.75) is 0 Å². The maximum Gasteiger partial charge on any atom is 0.130 e. The number of hydrogen-bond donors (Lipinski definition) is 1. The van der Waals surface area contributed by atoms with Crippen molar-refractivity contribution >= 4 is 23.3 Å². The van der Waals surface area contributed by atoms with E-state index >= 15 is 0 Å². The number of aromatic nitrogens is 1. The molecule has 2 heterocycles. The number of rotatable bonds is 3. The Bertz CT molecular complexity index is 626. The Kier molecular flexibility index (Phi) is 3.52. The fraction of sp³-hybridized carbons (Fsp3) is 0.400. The lowest BCUT2D eigenvalue weighted by Gasteiger charge is -2.10. The molecule has 1 saturated heterocycles. The van der Waals surface area contributed by atoms with Crippen LogP contribution in [0.5, 0.6) is 5.75 Å². The number of pyridine rings is 1. The number of fused-ring (bicyclic) bond motifs is 2. The van der Waals surface area contributed by atoms with E-state index in [0.717, 1.165) is 48.2 Å². The molecular weight excluding hydrogens is 279 g/mol. The van der Waals surface area contributed by atoms with Crippen LogP contribution in [-0.2, 0) is 0 Å². The van der Waals surface area contributed by atoms with Crippen LogP contribution in [0.2, 0.25) is 0 Å². The molecular formula is C15H16ClFN2O. The zero-order valence-electron chi connectivity index (χ0n) is 10.9. The molecule has 2 aliphatic rings. The molecule has 3 nitrogen and oxygen atoms in total. The van der Waals surface area contributed by atoms with E-state index in [1.54, 1.807) is 12.3 Å². The molecule has 2 fully saturated rings. The first kappa shape index (κ1) is 13.6. The summed E-state index contributed by atoms with van der Waals surface area (Å²) in [6.07, 6.45) is 1.71. The minimum Gasteiger partial charge on any atom is -0.493 e. The Morgan fingerprint density at radius 1 is 1.25 bits per heavy atom. The molecule has 5 heteroatoms. The van der Waals surface area contributed by atoms with Gasteiger partial charge < -0.3 is 10.1 Å². The van der Waals surface area contributed by atoms with Gasteiger partial charge in [0.05, 0.1) is 12.1 Å². The lowest BCUT2D eigenvalue weighted by atomic mass is 10.2. The van der Waals surface area contributed by atoms with Crippen LogP contribution in [0, 0.1) is 23.6 Å². The molecule has 106 valence electrons. The predicted molar refractivity (Wildman–Crippen MR) is 77.8 cm³/mol. The molecule has 0 amide bonds. The lowest BCUT2D eigenvalue weighted by molar-refractivity contribution is 0.283. The van der Waals surface area contributed by atoms with E-state index < -0.39 is 0 Å². The summed E-state index contributed by atoms with van der Waals surface area (Å²) < 4.78 is 19.2. The Hall–Kier alpha value is -1.39. The average molecular weight is 295 g/mol. The Labute approximate surface area is 122 Å². The molecule has 1 aliphatic carbocycles. The zero-order chi connectivity index (χ0) is 12.8. The molecule has 0 bridgehead atoms. The number of ether oxygens (including phenoxy) is 1. The highest BCUT2D eigenvalue weighted by molar-refractivity contribution is 5.85. The summed E-state index contributed by atoms with van der Waals surface area (Å²) in [5.74, 6) is 2.72. The largest absolute Gasteiger partial charge is 0.493 e. The second-order valence-electron chi connectivity index (χ2n) is 5.43. The van der Waals surface area contributed by atoms with Crippen LogP contribution in [0.1, 0.15) is 0 Å². The fourth-order valence-corrected chi connectivity index (χ4v) is 3.20. The van der Waals surface area contributed by atoms with Crippen molar-refractivity contribution in [3.63, 3.8) is 0 Å². The summed E-state index contributed by atoms with van der Waals surface area (Å²) >= 11 is 0. The number of nitrogens with one attached hydrogen (secondary N) is 1. The van der Waals surface area contributed by atoms with Gasteiger partial charge in [-0.15, -0.1) is 12.4 Å². The van der Waals surface area contributed by atoms with Crippen LogP contribution in [0.25, 0.3) is 10.9 Å². The number of halogens is 2. The quantitative estimate of drug-likeness (QED) is 0.945. The van der Waals surface area contributed by atoms with Gasteiger partial charge in [-0.25, -0.2) is 4.39 Å². The third kappa shape index (κ3) is 2.23. The van der Waals surface area contributed by atoms with E-state index in [0.29, 0.717) is 5.92 Å². The van der Waals surface area contributed by atoms with Gasteiger partial charge in [0.15, 0.2) is 0 Å². The van der Waals surface area contributed by atoms with Crippen molar-refractivity contribution in [3.8, 4) is 5.75 Å². The van der Waals surface area contributed by atoms with Gasteiger partial charge in [-0.2, -0.15) is 0 Å². The first-order valence-electron chi connectivity index (χ1n) is 6.71. The van der Waals surface area contributed by atoms with Gasteiger partial charge in [-0.05, 0) is 49.2 Å². The van der Waals surface area contributed by atoms with Crippen LogP contribution < -0.4 is 10.1 Å². The smallest absolute Gasteiger partial charge is 0.130 e. The predicted octanol–water partition coefficient (Wildman–Crippen LogP) is 2.64. The molecule has 0 spiro atoms. The van der Waals surface area contributed by atoms with Crippen LogP contribution in [0.4, 0.5) is 4.39 Å². The number of hydrogen-bond acceptors (Lipinski definition) is 3. The van der Waals surface area contributed by atoms with Crippen LogP contribution >= 0.6 is 12.4 Å². The second kappa shape index (κ2) is 5.19. The monoisotopic (exact) mass is 294 g/mol. The third-order valence-corrected chi connectivity index (χ3v) is 4.36. The van der Waals surface area contributed by atoms with Crippen LogP contribution in [0.3, 0.4) is 0 Å². The van der Waals surface area contributed by atoms with E-state index in [4.69, 9.17) is 4.74 Å². The SMILES string of the molecule is Cl.Fc1ccc2nccc(OCC3C4CNCC43)c2c1. The number of piperidine rings is 1. The first-order valence-corrected chi connectivity index (χ1v) is 6.71. The van der Waals surface area contributed by atoms with Gasteiger partial charge in [0.25, 0.3) is 0 Å². The van der Waals surface area contributed by atoms with Gasteiger partial charge >= 0.3 is 0 Å². The molecule has 1 aromatic carbocycles. The average Bonchev–Trinajstić information content (AvgIpc) is 2.85. The summed E-state index contributed by atoms with van der Waals surface area (Å²) in [5.41, 5.74) is 0.775. The summed E-state index contributed by atoms with van der Waals surface area (Å²) in [7, 11) is 0. The Morgan fingerprint density at radius 2 is 2.05 bits per heavy atom. The van der Waals surface area contributed by atoms with E-state index in [-0.39, 0.29) is 18.2 Å². The Morgan fingerprint density at radius 3 is 2.85 bits per heavy atom. The van der Waals surface area contributed by atoms with E-state index in [1.807, 2.05) is 6.07 Å². The Balaban J connectivity index is 0.00000121. The molecule has 20 heavy (non-hydrogen) atoms. The van der Waals surface area contributed by atoms with Crippen LogP contribution in [0.15, 0.2) is 30.5 Å². The summed E-state index contributed by atoms with van der Waals surface area (Å²) in [4.78, 5) is 4.23. The van der Waals surface area contributed by atoms with Crippen molar-refractivity contribution in [2.75, 3.05) is 19.7 Å². The minimum absolute atomic E-state index is 0. The van der Waals surface area contributed by atoms with Gasteiger partial charge in [-0.1, -0.05) is 0 Å². The van der Waals surface area contributed by atoms with E-state index in [1.165, 1.54) is 12.1 Å². The molecule has 2 atom stereocenters. The van der Waals surface area contributed by atoms with E-state index in [2.05, 4.69) is 10.3 Å². The molecule has 1 aromatic heterocycles. The normalized spacial score (nSPS) is 26.9. The fourth-order valence-electron chi connectivity index (χ4n) is 3.20. The number of benzene rings is 1. The van der Waals surface area contributed by atoms with E-state index in [9.17, 15) is 4.39 Å². The number of nitrogens with zero attached hydrogens (tertiary/aromatic N) is 1. The molecule has 4 rings (SSSR count). The van der Waals surface area contributed by atoms with Crippen LogP contribution in [-0.4, -0.2) is 24.7 Å². The molecule has 0 radical (unpaired) electrons. The molecule has 2 aromatic rings. The summed E-state index contributed by atoms with van der Waals surface area (Å²) in [5, 5.41) is 4.13. The minimum atomic E-state index is -0.252. The van der Waals surface area contributed by atoms with Gasteiger partial charge in [0.1, 0.15) is 11.6 Å². The van der Waals surface area contributed by atoms with Gasteiger partial charge in [-0.3, -0.25) is 4.98 Å². The van der Waals surface area contributed by atoms with Crippen molar-refractivity contribution < 1.29 is 9.13 Å². The third-order valence-electron chi connectivity index (χ3n) is 4.36. The maximum absolute atomic E-state index is 13.3. The molecule has 1 N–H and O–H groups in total. The van der Waals surface area contributed by atoms with Crippen molar-refractivity contribution in [1.82, 2.24) is 10.3 Å². The summed E-state index contributed by atoms with van der Waals surface area (Å²) in [6.45, 7) is 2.96. The zero-order valence-corrected chi connectivity index (χ0v) is 11.7. The summed E-state index contributed by atoms with van der Waals surface area (Å²) in [6, 6.07) is 6.43. The highest BCUT2D eigenvalue weighted by Gasteiger charge is 2.52. The van der Waals surface area contributed by atoms with Crippen molar-refractivity contribution in [3.05, 3.63) is 36.3 Å². The second-order valence-corrected chi connectivity index (χ2v) is 5.43. The standard InChI is InChI=1S/C15H15FN2O.ClH/c16-9-1-2-14-10(5-9)15(3-4-18-14)19-8-13-11-6-17-7-12(11)13;/h1-5,11-13,17H,6-8H2;1H. The first-order chi connectivity index (χ1) is 9.33. The topological polar surface area (TPSA) is 34.1 Å². The van der Waals surface area contributed by atoms with Gasteiger partial charge in [0.2, 0.25) is 0 Å². The molecule has 1 aliphatic heterocycles.